The molecule has 0 N–H and O–H groups in total. The van der Waals surface area contributed by atoms with E-state index in [1.807, 2.05) is 54.6 Å². The summed E-state index contributed by atoms with van der Waals surface area (Å²) in [6.45, 7) is 2.01. The van der Waals surface area contributed by atoms with E-state index in [0.29, 0.717) is 0 Å². The SMILES string of the molecule is O=c1c2ccccc2c(-c2ccccc2)nn1SN1CCCCC1. The zero-order valence-electron chi connectivity index (χ0n) is 13.4. The Hall–Kier alpha value is -2.11. The summed E-state index contributed by atoms with van der Waals surface area (Å²) >= 11 is 1.44. The fourth-order valence-electron chi connectivity index (χ4n) is 3.09. The Bertz CT molecular complexity index is 901. The molecule has 24 heavy (non-hydrogen) atoms. The lowest BCUT2D eigenvalue weighted by atomic mass is 10.1. The van der Waals surface area contributed by atoms with E-state index in [9.17, 15) is 4.79 Å². The topological polar surface area (TPSA) is 38.1 Å². The molecule has 4 nitrogen and oxygen atoms in total. The monoisotopic (exact) mass is 337 g/mol. The standard InChI is InChI=1S/C19H19N3OS/c23-19-17-12-6-5-11-16(17)18(15-9-3-1-4-10-15)20-22(19)24-21-13-7-2-8-14-21/h1,3-6,9-12H,2,7-8,13-14H2. The maximum absolute atomic E-state index is 12.8. The molecule has 0 amide bonds. The minimum atomic E-state index is -0.0409. The van der Waals surface area contributed by atoms with E-state index in [1.165, 1.54) is 31.4 Å². The van der Waals surface area contributed by atoms with Crippen LogP contribution in [0, 0.1) is 0 Å². The van der Waals surface area contributed by atoms with Crippen LogP contribution in [0.15, 0.2) is 59.4 Å². The van der Waals surface area contributed by atoms with E-state index >= 15 is 0 Å². The molecule has 4 rings (SSSR count). The first-order valence-corrected chi connectivity index (χ1v) is 9.07. The van der Waals surface area contributed by atoms with E-state index in [-0.39, 0.29) is 5.56 Å². The minimum Gasteiger partial charge on any atom is -0.266 e. The summed E-state index contributed by atoms with van der Waals surface area (Å²) in [7, 11) is 0. The number of benzene rings is 2. The lowest BCUT2D eigenvalue weighted by Crippen LogP contribution is -2.29. The number of nitrogens with zero attached hydrogens (tertiary/aromatic N) is 3. The molecule has 0 bridgehead atoms. The van der Waals surface area contributed by atoms with Crippen molar-refractivity contribution in [2.75, 3.05) is 13.1 Å². The molecule has 5 heteroatoms. The predicted octanol–water partition coefficient (Wildman–Crippen LogP) is 3.96. The lowest BCUT2D eigenvalue weighted by Gasteiger charge is -2.24. The Kier molecular flexibility index (Phi) is 4.36. The number of rotatable bonds is 3. The average Bonchev–Trinajstić information content (AvgIpc) is 2.66. The normalized spacial score (nSPS) is 15.7. The number of hydrogen-bond donors (Lipinski definition) is 0. The van der Waals surface area contributed by atoms with Gasteiger partial charge in [-0.15, -0.1) is 0 Å². The summed E-state index contributed by atoms with van der Waals surface area (Å²) < 4.78 is 3.79. The first-order valence-electron chi connectivity index (χ1n) is 8.34. The van der Waals surface area contributed by atoms with Crippen molar-refractivity contribution >= 4 is 22.9 Å². The van der Waals surface area contributed by atoms with Crippen LogP contribution in [0.1, 0.15) is 19.3 Å². The number of hydrogen-bond acceptors (Lipinski definition) is 4. The van der Waals surface area contributed by atoms with Crippen LogP contribution in [-0.2, 0) is 0 Å². The molecule has 1 aliphatic rings. The predicted molar refractivity (Wildman–Crippen MR) is 99.9 cm³/mol. The molecule has 2 heterocycles. The Morgan fingerprint density at radius 3 is 2.25 bits per heavy atom. The fourth-order valence-corrected chi connectivity index (χ4v) is 4.02. The second-order valence-corrected chi connectivity index (χ2v) is 7.04. The van der Waals surface area contributed by atoms with Gasteiger partial charge in [-0.3, -0.25) is 4.79 Å². The highest BCUT2D eigenvalue weighted by atomic mass is 32.2. The summed E-state index contributed by atoms with van der Waals surface area (Å²) in [5.41, 5.74) is 1.85. The Morgan fingerprint density at radius 2 is 1.50 bits per heavy atom. The summed E-state index contributed by atoms with van der Waals surface area (Å²) in [6.07, 6.45) is 3.63. The van der Waals surface area contributed by atoms with Crippen molar-refractivity contribution in [3.05, 3.63) is 65.0 Å². The first-order chi connectivity index (χ1) is 11.8. The molecule has 1 saturated heterocycles. The Labute approximate surface area is 145 Å². The minimum absolute atomic E-state index is 0.0409. The van der Waals surface area contributed by atoms with Crippen LogP contribution >= 0.6 is 12.1 Å². The van der Waals surface area contributed by atoms with Crippen LogP contribution < -0.4 is 5.56 Å². The van der Waals surface area contributed by atoms with Gasteiger partial charge in [-0.1, -0.05) is 55.0 Å². The number of aromatic nitrogens is 2. The van der Waals surface area contributed by atoms with Crippen LogP contribution in [0.2, 0.25) is 0 Å². The summed E-state index contributed by atoms with van der Waals surface area (Å²) in [4.78, 5) is 12.8. The average molecular weight is 337 g/mol. The van der Waals surface area contributed by atoms with Gasteiger partial charge in [0.15, 0.2) is 0 Å². The maximum Gasteiger partial charge on any atom is 0.286 e. The van der Waals surface area contributed by atoms with Gasteiger partial charge in [0, 0.05) is 24.0 Å². The number of piperidine rings is 1. The van der Waals surface area contributed by atoms with E-state index < -0.39 is 0 Å². The second kappa shape index (κ2) is 6.79. The molecule has 0 radical (unpaired) electrons. The molecule has 0 spiro atoms. The Morgan fingerprint density at radius 1 is 0.833 bits per heavy atom. The van der Waals surface area contributed by atoms with Gasteiger partial charge in [0.1, 0.15) is 0 Å². The highest BCUT2D eigenvalue weighted by molar-refractivity contribution is 7.95. The molecule has 0 aliphatic carbocycles. The van der Waals surface area contributed by atoms with Crippen molar-refractivity contribution < 1.29 is 0 Å². The maximum atomic E-state index is 12.8. The van der Waals surface area contributed by atoms with Crippen LogP contribution in [0.3, 0.4) is 0 Å². The zero-order valence-corrected chi connectivity index (χ0v) is 14.2. The van der Waals surface area contributed by atoms with E-state index in [1.54, 1.807) is 4.09 Å². The van der Waals surface area contributed by atoms with Gasteiger partial charge in [0.25, 0.3) is 5.56 Å². The molecule has 1 fully saturated rings. The van der Waals surface area contributed by atoms with Gasteiger partial charge in [0.2, 0.25) is 0 Å². The van der Waals surface area contributed by atoms with E-state index in [0.717, 1.165) is 35.1 Å². The molecule has 0 unspecified atom stereocenters. The van der Waals surface area contributed by atoms with Crippen molar-refractivity contribution in [1.82, 2.24) is 13.5 Å². The third kappa shape index (κ3) is 2.97. The molecule has 2 aromatic carbocycles. The third-order valence-corrected chi connectivity index (χ3v) is 5.33. The zero-order chi connectivity index (χ0) is 16.4. The summed E-state index contributed by atoms with van der Waals surface area (Å²) in [5, 5.41) is 6.32. The quantitative estimate of drug-likeness (QED) is 0.678. The van der Waals surface area contributed by atoms with Crippen molar-refractivity contribution in [3.8, 4) is 11.3 Å². The van der Waals surface area contributed by atoms with Crippen LogP contribution in [-0.4, -0.2) is 26.6 Å². The van der Waals surface area contributed by atoms with Crippen LogP contribution in [0.5, 0.6) is 0 Å². The molecule has 1 aromatic heterocycles. The van der Waals surface area contributed by atoms with Crippen LogP contribution in [0.25, 0.3) is 22.0 Å². The molecular formula is C19H19N3OS. The van der Waals surface area contributed by atoms with Crippen molar-refractivity contribution in [2.24, 2.45) is 0 Å². The largest absolute Gasteiger partial charge is 0.286 e. The highest BCUT2D eigenvalue weighted by Gasteiger charge is 2.16. The van der Waals surface area contributed by atoms with Gasteiger partial charge < -0.3 is 0 Å². The molecular weight excluding hydrogens is 318 g/mol. The van der Waals surface area contributed by atoms with Crippen molar-refractivity contribution in [1.29, 1.82) is 0 Å². The van der Waals surface area contributed by atoms with Gasteiger partial charge in [-0.05, 0) is 18.9 Å². The second-order valence-electron chi connectivity index (χ2n) is 6.01. The molecule has 1 aliphatic heterocycles. The molecule has 0 atom stereocenters. The van der Waals surface area contributed by atoms with Gasteiger partial charge in [0.05, 0.1) is 23.2 Å². The number of fused-ring (bicyclic) bond motifs is 1. The third-order valence-electron chi connectivity index (χ3n) is 4.33. The summed E-state index contributed by atoms with van der Waals surface area (Å²) in [6, 6.07) is 17.8. The smallest absolute Gasteiger partial charge is 0.266 e. The van der Waals surface area contributed by atoms with E-state index in [2.05, 4.69) is 4.31 Å². The highest BCUT2D eigenvalue weighted by Crippen LogP contribution is 2.26. The van der Waals surface area contributed by atoms with Crippen LogP contribution in [0.4, 0.5) is 0 Å². The van der Waals surface area contributed by atoms with E-state index in [4.69, 9.17) is 5.10 Å². The molecule has 0 saturated carbocycles. The molecule has 122 valence electrons. The Balaban J connectivity index is 1.85. The van der Waals surface area contributed by atoms with Gasteiger partial charge >= 0.3 is 0 Å². The van der Waals surface area contributed by atoms with Crippen molar-refractivity contribution in [3.63, 3.8) is 0 Å². The van der Waals surface area contributed by atoms with Crippen molar-refractivity contribution in [2.45, 2.75) is 19.3 Å². The fraction of sp³-hybridized carbons (Fsp3) is 0.263. The molecule has 3 aromatic rings. The summed E-state index contributed by atoms with van der Waals surface area (Å²) in [5.74, 6) is 0. The first kappa shape index (κ1) is 15.4. The van der Waals surface area contributed by atoms with Gasteiger partial charge in [-0.25, -0.2) is 4.31 Å². The lowest BCUT2D eigenvalue weighted by molar-refractivity contribution is 0.378. The van der Waals surface area contributed by atoms with Gasteiger partial charge in [-0.2, -0.15) is 9.19 Å².